The van der Waals surface area contributed by atoms with Crippen molar-refractivity contribution < 1.29 is 4.79 Å². The Balaban J connectivity index is 2.13. The van der Waals surface area contributed by atoms with E-state index in [4.69, 9.17) is 17.3 Å². The molecule has 1 aromatic heterocycles. The van der Waals surface area contributed by atoms with Gasteiger partial charge in [0.25, 0.3) is 5.56 Å². The average Bonchev–Trinajstić information content (AvgIpc) is 2.37. The highest BCUT2D eigenvalue weighted by atomic mass is 35.5. The molecule has 5 nitrogen and oxygen atoms in total. The Labute approximate surface area is 121 Å². The molecule has 1 aromatic carbocycles. The second-order valence-corrected chi connectivity index (χ2v) is 4.89. The van der Waals surface area contributed by atoms with Crippen molar-refractivity contribution in [2.75, 3.05) is 11.1 Å². The highest BCUT2D eigenvalue weighted by Crippen LogP contribution is 2.22. The Kier molecular flexibility index (Phi) is 4.10. The summed E-state index contributed by atoms with van der Waals surface area (Å²) < 4.78 is 1.32. The average molecular weight is 292 g/mol. The van der Waals surface area contributed by atoms with Gasteiger partial charge in [0, 0.05) is 17.3 Å². The zero-order valence-electron chi connectivity index (χ0n) is 10.9. The van der Waals surface area contributed by atoms with E-state index < -0.39 is 0 Å². The summed E-state index contributed by atoms with van der Waals surface area (Å²) in [6, 6.07) is 8.04. The number of nitrogens with zero attached hydrogens (tertiary/aromatic N) is 1. The molecule has 2 rings (SSSR count). The molecule has 0 unspecified atom stereocenters. The van der Waals surface area contributed by atoms with Gasteiger partial charge in [0.05, 0.1) is 11.4 Å². The number of benzene rings is 1. The highest BCUT2D eigenvalue weighted by Gasteiger charge is 2.07. The molecule has 0 bridgehead atoms. The van der Waals surface area contributed by atoms with Crippen molar-refractivity contribution in [3.05, 3.63) is 57.5 Å². The molecule has 0 aliphatic heterocycles. The molecule has 0 atom stereocenters. The predicted octanol–water partition coefficient (Wildman–Crippen LogP) is 2.03. The first-order valence-corrected chi connectivity index (χ1v) is 6.35. The SMILES string of the molecule is Cc1ccn(CC(=O)Nc2cc(Cl)ccc2N)c(=O)c1. The molecule has 0 aliphatic rings. The fourth-order valence-corrected chi connectivity index (χ4v) is 1.89. The Bertz CT molecular complexity index is 710. The van der Waals surface area contributed by atoms with E-state index in [2.05, 4.69) is 5.32 Å². The molecule has 104 valence electrons. The number of nitrogens with two attached hydrogens (primary N) is 1. The molecule has 0 saturated carbocycles. The third-order valence-electron chi connectivity index (χ3n) is 2.75. The number of carbonyl (C=O) groups is 1. The van der Waals surface area contributed by atoms with E-state index in [0.29, 0.717) is 16.4 Å². The van der Waals surface area contributed by atoms with E-state index in [-0.39, 0.29) is 18.0 Å². The monoisotopic (exact) mass is 291 g/mol. The van der Waals surface area contributed by atoms with E-state index in [1.165, 1.54) is 10.6 Å². The van der Waals surface area contributed by atoms with Crippen LogP contribution in [0.2, 0.25) is 5.02 Å². The molecular weight excluding hydrogens is 278 g/mol. The lowest BCUT2D eigenvalue weighted by Crippen LogP contribution is -2.27. The normalized spacial score (nSPS) is 10.3. The van der Waals surface area contributed by atoms with Crippen LogP contribution in [-0.2, 0) is 11.3 Å². The topological polar surface area (TPSA) is 77.1 Å². The van der Waals surface area contributed by atoms with Gasteiger partial charge < -0.3 is 15.6 Å². The number of carbonyl (C=O) groups excluding carboxylic acids is 1. The van der Waals surface area contributed by atoms with Gasteiger partial charge in [-0.25, -0.2) is 0 Å². The number of rotatable bonds is 3. The largest absolute Gasteiger partial charge is 0.397 e. The van der Waals surface area contributed by atoms with Crippen molar-refractivity contribution in [1.29, 1.82) is 0 Å². The minimum Gasteiger partial charge on any atom is -0.397 e. The molecule has 3 N–H and O–H groups in total. The van der Waals surface area contributed by atoms with Gasteiger partial charge in [0.2, 0.25) is 5.91 Å². The van der Waals surface area contributed by atoms with Crippen molar-refractivity contribution in [2.24, 2.45) is 0 Å². The van der Waals surface area contributed by atoms with Gasteiger partial charge in [-0.05, 0) is 36.8 Å². The first-order valence-electron chi connectivity index (χ1n) is 5.97. The summed E-state index contributed by atoms with van der Waals surface area (Å²) in [5.74, 6) is -0.343. The lowest BCUT2D eigenvalue weighted by Gasteiger charge is -2.10. The second-order valence-electron chi connectivity index (χ2n) is 4.45. The van der Waals surface area contributed by atoms with Crippen LogP contribution in [0.5, 0.6) is 0 Å². The molecule has 20 heavy (non-hydrogen) atoms. The maximum absolute atomic E-state index is 11.9. The molecule has 0 saturated heterocycles. The van der Waals surface area contributed by atoms with Crippen LogP contribution in [0.15, 0.2) is 41.3 Å². The van der Waals surface area contributed by atoms with Crippen molar-refractivity contribution in [1.82, 2.24) is 4.57 Å². The van der Waals surface area contributed by atoms with E-state index in [1.54, 1.807) is 30.5 Å². The van der Waals surface area contributed by atoms with Crippen molar-refractivity contribution in [2.45, 2.75) is 13.5 Å². The number of halogens is 1. The summed E-state index contributed by atoms with van der Waals surface area (Å²) in [4.78, 5) is 23.6. The van der Waals surface area contributed by atoms with Crippen molar-refractivity contribution in [3.63, 3.8) is 0 Å². The van der Waals surface area contributed by atoms with Crippen LogP contribution in [0.25, 0.3) is 0 Å². The molecule has 1 amide bonds. The summed E-state index contributed by atoms with van der Waals surface area (Å²) in [6.07, 6.45) is 1.58. The maximum Gasteiger partial charge on any atom is 0.251 e. The second kappa shape index (κ2) is 5.79. The molecule has 2 aromatic rings. The number of hydrogen-bond acceptors (Lipinski definition) is 3. The Morgan fingerprint density at radius 3 is 2.80 bits per heavy atom. The van der Waals surface area contributed by atoms with Gasteiger partial charge in [0.15, 0.2) is 0 Å². The van der Waals surface area contributed by atoms with Gasteiger partial charge >= 0.3 is 0 Å². The van der Waals surface area contributed by atoms with Gasteiger partial charge in [-0.15, -0.1) is 0 Å². The first-order chi connectivity index (χ1) is 9.45. The number of hydrogen-bond donors (Lipinski definition) is 2. The fraction of sp³-hybridized carbons (Fsp3) is 0.143. The number of pyridine rings is 1. The summed E-state index contributed by atoms with van der Waals surface area (Å²) in [5, 5.41) is 3.11. The number of amides is 1. The van der Waals surface area contributed by atoms with Crippen LogP contribution < -0.4 is 16.6 Å². The van der Waals surface area contributed by atoms with Crippen LogP contribution >= 0.6 is 11.6 Å². The summed E-state index contributed by atoms with van der Waals surface area (Å²) in [5.41, 5.74) is 7.22. The van der Waals surface area contributed by atoms with Crippen LogP contribution in [0.4, 0.5) is 11.4 Å². The van der Waals surface area contributed by atoms with E-state index in [0.717, 1.165) is 5.56 Å². The third-order valence-corrected chi connectivity index (χ3v) is 2.99. The lowest BCUT2D eigenvalue weighted by atomic mass is 10.2. The maximum atomic E-state index is 11.9. The van der Waals surface area contributed by atoms with E-state index in [9.17, 15) is 9.59 Å². The van der Waals surface area contributed by atoms with Crippen molar-refractivity contribution in [3.8, 4) is 0 Å². The van der Waals surface area contributed by atoms with Crippen LogP contribution in [-0.4, -0.2) is 10.5 Å². The smallest absolute Gasteiger partial charge is 0.251 e. The fourth-order valence-electron chi connectivity index (χ4n) is 1.72. The van der Waals surface area contributed by atoms with Gasteiger partial charge in [0.1, 0.15) is 6.54 Å². The Morgan fingerprint density at radius 2 is 2.10 bits per heavy atom. The Hall–Kier alpha value is -2.27. The van der Waals surface area contributed by atoms with Crippen molar-refractivity contribution >= 4 is 28.9 Å². The summed E-state index contributed by atoms with van der Waals surface area (Å²) in [7, 11) is 0. The zero-order valence-corrected chi connectivity index (χ0v) is 11.6. The summed E-state index contributed by atoms with van der Waals surface area (Å²) >= 11 is 5.84. The minimum absolute atomic E-state index is 0.0783. The zero-order chi connectivity index (χ0) is 14.7. The molecular formula is C14H14ClN3O2. The molecule has 0 radical (unpaired) electrons. The number of aromatic nitrogens is 1. The van der Waals surface area contributed by atoms with Gasteiger partial charge in [-0.2, -0.15) is 0 Å². The predicted molar refractivity (Wildman–Crippen MR) is 79.9 cm³/mol. The van der Waals surface area contributed by atoms with Gasteiger partial charge in [-0.1, -0.05) is 11.6 Å². The Morgan fingerprint density at radius 1 is 1.35 bits per heavy atom. The summed E-state index contributed by atoms with van der Waals surface area (Å²) in [6.45, 7) is 1.74. The molecule has 6 heteroatoms. The molecule has 0 spiro atoms. The molecule has 0 fully saturated rings. The third kappa shape index (κ3) is 3.39. The number of nitrogen functional groups attached to an aromatic ring is 1. The quantitative estimate of drug-likeness (QED) is 0.850. The highest BCUT2D eigenvalue weighted by molar-refractivity contribution is 6.31. The van der Waals surface area contributed by atoms with Crippen LogP contribution in [0.3, 0.4) is 0 Å². The van der Waals surface area contributed by atoms with E-state index >= 15 is 0 Å². The minimum atomic E-state index is -0.343. The molecule has 1 heterocycles. The van der Waals surface area contributed by atoms with Crippen LogP contribution in [0.1, 0.15) is 5.56 Å². The van der Waals surface area contributed by atoms with Crippen LogP contribution in [0, 0.1) is 6.92 Å². The standard InChI is InChI=1S/C14H14ClN3O2/c1-9-4-5-18(14(20)6-9)8-13(19)17-12-7-10(15)2-3-11(12)16/h2-7H,8,16H2,1H3,(H,17,19). The first kappa shape index (κ1) is 14.1. The lowest BCUT2D eigenvalue weighted by molar-refractivity contribution is -0.116. The van der Waals surface area contributed by atoms with Gasteiger partial charge in [-0.3, -0.25) is 9.59 Å². The van der Waals surface area contributed by atoms with E-state index in [1.807, 2.05) is 6.92 Å². The molecule has 0 aliphatic carbocycles. The number of anilines is 2. The number of nitrogens with one attached hydrogen (secondary N) is 1. The number of aryl methyl sites for hydroxylation is 1.